The highest BCUT2D eigenvalue weighted by Crippen LogP contribution is 2.44. The third-order valence-electron chi connectivity index (χ3n) is 4.37. The van der Waals surface area contributed by atoms with Crippen molar-refractivity contribution in [3.05, 3.63) is 57.2 Å². The van der Waals surface area contributed by atoms with E-state index in [-0.39, 0.29) is 24.3 Å². The highest BCUT2D eigenvalue weighted by atomic mass is 35.5. The first kappa shape index (κ1) is 19.5. The van der Waals surface area contributed by atoms with Gasteiger partial charge in [0.2, 0.25) is 5.91 Å². The van der Waals surface area contributed by atoms with Gasteiger partial charge in [0.25, 0.3) is 5.91 Å². The Hall–Kier alpha value is -2.25. The summed E-state index contributed by atoms with van der Waals surface area (Å²) in [5.41, 5.74) is 2.96. The van der Waals surface area contributed by atoms with Crippen LogP contribution in [0.5, 0.6) is 0 Å². The molecule has 2 N–H and O–H groups in total. The standard InChI is InChI=1S/C19H21ClN4O2S/c1-4-22-15(25)9-14-10-27-19-23-11(2)16(18(26)21-3)17(24(14)19)12-5-7-13(20)8-6-12/h5-8,10,17H,4,9H2,1-3H3,(H,21,26)(H,22,25). The monoisotopic (exact) mass is 404 g/mol. The van der Waals surface area contributed by atoms with Crippen molar-refractivity contribution >= 4 is 40.3 Å². The third-order valence-corrected chi connectivity index (χ3v) is 5.51. The van der Waals surface area contributed by atoms with Crippen molar-refractivity contribution in [2.24, 2.45) is 4.99 Å². The summed E-state index contributed by atoms with van der Waals surface area (Å²) in [6.45, 7) is 4.29. The number of nitrogens with zero attached hydrogens (tertiary/aromatic N) is 2. The Kier molecular flexibility index (Phi) is 5.92. The number of rotatable bonds is 5. The fraction of sp³-hybridized carbons (Fsp3) is 0.316. The van der Waals surface area contributed by atoms with Crippen LogP contribution in [-0.4, -0.2) is 35.5 Å². The molecule has 0 aromatic heterocycles. The van der Waals surface area contributed by atoms with Gasteiger partial charge >= 0.3 is 0 Å². The van der Waals surface area contributed by atoms with Crippen LogP contribution in [0.15, 0.2) is 51.6 Å². The predicted octanol–water partition coefficient (Wildman–Crippen LogP) is 3.19. The van der Waals surface area contributed by atoms with E-state index in [9.17, 15) is 9.59 Å². The van der Waals surface area contributed by atoms with Crippen molar-refractivity contribution in [2.45, 2.75) is 26.3 Å². The second-order valence-electron chi connectivity index (χ2n) is 6.15. The van der Waals surface area contributed by atoms with Gasteiger partial charge in [0.1, 0.15) is 0 Å². The quantitative estimate of drug-likeness (QED) is 0.790. The number of amides is 2. The zero-order valence-electron chi connectivity index (χ0n) is 15.4. The summed E-state index contributed by atoms with van der Waals surface area (Å²) in [5.74, 6) is -0.252. The normalized spacial score (nSPS) is 18.7. The Labute approximate surface area is 167 Å². The van der Waals surface area contributed by atoms with Crippen molar-refractivity contribution in [1.82, 2.24) is 15.5 Å². The van der Waals surface area contributed by atoms with E-state index in [1.165, 1.54) is 11.8 Å². The van der Waals surface area contributed by atoms with Gasteiger partial charge in [0.15, 0.2) is 5.17 Å². The van der Waals surface area contributed by atoms with E-state index in [1.54, 1.807) is 19.2 Å². The van der Waals surface area contributed by atoms with Crippen molar-refractivity contribution in [3.63, 3.8) is 0 Å². The topological polar surface area (TPSA) is 73.8 Å². The minimum Gasteiger partial charge on any atom is -0.356 e. The molecule has 0 saturated heterocycles. The lowest BCUT2D eigenvalue weighted by Crippen LogP contribution is -2.39. The summed E-state index contributed by atoms with van der Waals surface area (Å²) in [6, 6.07) is 7.04. The fourth-order valence-corrected chi connectivity index (χ4v) is 4.27. The van der Waals surface area contributed by atoms with E-state index in [2.05, 4.69) is 15.6 Å². The van der Waals surface area contributed by atoms with Gasteiger partial charge in [-0.15, -0.1) is 0 Å². The second kappa shape index (κ2) is 8.19. The molecule has 1 atom stereocenters. The SMILES string of the molecule is CCNC(=O)CC1=CSC2=NC(C)=C(C(=O)NC)C(c3ccc(Cl)cc3)N12. The van der Waals surface area contributed by atoms with Crippen LogP contribution in [0.25, 0.3) is 0 Å². The Bertz CT molecular complexity index is 861. The summed E-state index contributed by atoms with van der Waals surface area (Å²) in [4.78, 5) is 31.4. The van der Waals surface area contributed by atoms with Gasteiger partial charge in [-0.1, -0.05) is 35.5 Å². The lowest BCUT2D eigenvalue weighted by atomic mass is 9.93. The molecule has 2 aliphatic rings. The number of carbonyl (C=O) groups is 2. The van der Waals surface area contributed by atoms with Crippen molar-refractivity contribution < 1.29 is 9.59 Å². The third kappa shape index (κ3) is 3.89. The molecule has 0 saturated carbocycles. The zero-order chi connectivity index (χ0) is 19.6. The molecular formula is C19H21ClN4O2S. The summed E-state index contributed by atoms with van der Waals surface area (Å²) < 4.78 is 0. The number of likely N-dealkylation sites (N-methyl/N-ethyl adjacent to an activating group) is 1. The number of benzene rings is 1. The Morgan fingerprint density at radius 1 is 1.30 bits per heavy atom. The van der Waals surface area contributed by atoms with E-state index in [0.717, 1.165) is 16.4 Å². The van der Waals surface area contributed by atoms with Gasteiger partial charge in [-0.05, 0) is 37.0 Å². The van der Waals surface area contributed by atoms with Crippen LogP contribution in [0.4, 0.5) is 0 Å². The molecule has 142 valence electrons. The second-order valence-corrected chi connectivity index (χ2v) is 7.43. The molecule has 3 rings (SSSR count). The van der Waals surface area contributed by atoms with Crippen LogP contribution in [-0.2, 0) is 9.59 Å². The van der Waals surface area contributed by atoms with Crippen LogP contribution in [0.2, 0.25) is 5.02 Å². The number of halogens is 1. The van der Waals surface area contributed by atoms with E-state index in [0.29, 0.717) is 22.8 Å². The molecule has 0 bridgehead atoms. The molecule has 1 aromatic rings. The van der Waals surface area contributed by atoms with Crippen molar-refractivity contribution in [3.8, 4) is 0 Å². The molecule has 1 unspecified atom stereocenters. The average Bonchev–Trinajstić information content (AvgIpc) is 3.03. The largest absolute Gasteiger partial charge is 0.356 e. The molecule has 2 heterocycles. The minimum atomic E-state index is -0.370. The van der Waals surface area contributed by atoms with Gasteiger partial charge in [-0.3, -0.25) is 9.59 Å². The lowest BCUT2D eigenvalue weighted by Gasteiger charge is -2.36. The molecular weight excluding hydrogens is 384 g/mol. The predicted molar refractivity (Wildman–Crippen MR) is 109 cm³/mol. The van der Waals surface area contributed by atoms with E-state index >= 15 is 0 Å². The fourth-order valence-electron chi connectivity index (χ4n) is 3.18. The molecule has 2 amide bonds. The van der Waals surface area contributed by atoms with Gasteiger partial charge in [-0.25, -0.2) is 4.99 Å². The average molecular weight is 405 g/mol. The van der Waals surface area contributed by atoms with Crippen LogP contribution in [0.3, 0.4) is 0 Å². The van der Waals surface area contributed by atoms with Crippen LogP contribution < -0.4 is 10.6 Å². The highest BCUT2D eigenvalue weighted by Gasteiger charge is 2.40. The zero-order valence-corrected chi connectivity index (χ0v) is 16.9. The molecule has 2 aliphatic heterocycles. The number of hydrogen-bond donors (Lipinski definition) is 2. The molecule has 0 fully saturated rings. The Morgan fingerprint density at radius 2 is 2.00 bits per heavy atom. The molecule has 6 nitrogen and oxygen atoms in total. The number of nitrogens with one attached hydrogen (secondary N) is 2. The molecule has 8 heteroatoms. The van der Waals surface area contributed by atoms with Crippen LogP contribution in [0, 0.1) is 0 Å². The maximum atomic E-state index is 12.7. The Balaban J connectivity index is 2.06. The summed E-state index contributed by atoms with van der Waals surface area (Å²) in [5, 5.41) is 8.84. The Morgan fingerprint density at radius 3 is 2.63 bits per heavy atom. The maximum absolute atomic E-state index is 12.7. The van der Waals surface area contributed by atoms with Crippen molar-refractivity contribution in [1.29, 1.82) is 0 Å². The first-order valence-corrected chi connectivity index (χ1v) is 9.90. The molecule has 0 spiro atoms. The van der Waals surface area contributed by atoms with Gasteiger partial charge < -0.3 is 15.5 Å². The first-order valence-electron chi connectivity index (χ1n) is 8.64. The highest BCUT2D eigenvalue weighted by molar-refractivity contribution is 8.16. The van der Waals surface area contributed by atoms with E-state index in [1.807, 2.05) is 36.3 Å². The van der Waals surface area contributed by atoms with Gasteiger partial charge in [0, 0.05) is 24.3 Å². The van der Waals surface area contributed by atoms with Crippen LogP contribution in [0.1, 0.15) is 31.9 Å². The van der Waals surface area contributed by atoms with Gasteiger partial charge in [-0.2, -0.15) is 0 Å². The number of thioether (sulfide) groups is 1. The summed E-state index contributed by atoms with van der Waals surface area (Å²) in [6.07, 6.45) is 0.226. The van der Waals surface area contributed by atoms with E-state index in [4.69, 9.17) is 11.6 Å². The van der Waals surface area contributed by atoms with Gasteiger partial charge in [0.05, 0.1) is 23.7 Å². The number of fused-ring (bicyclic) bond motifs is 1. The van der Waals surface area contributed by atoms with Crippen LogP contribution >= 0.6 is 23.4 Å². The lowest BCUT2D eigenvalue weighted by molar-refractivity contribution is -0.120. The van der Waals surface area contributed by atoms with Crippen molar-refractivity contribution in [2.75, 3.05) is 13.6 Å². The van der Waals surface area contributed by atoms with E-state index < -0.39 is 0 Å². The number of allylic oxidation sites excluding steroid dienone is 1. The summed E-state index contributed by atoms with van der Waals surface area (Å²) >= 11 is 7.52. The minimum absolute atomic E-state index is 0.0618. The maximum Gasteiger partial charge on any atom is 0.251 e. The number of carbonyl (C=O) groups excluding carboxylic acids is 2. The molecule has 0 radical (unpaired) electrons. The number of hydrogen-bond acceptors (Lipinski definition) is 5. The first-order chi connectivity index (χ1) is 13.0. The number of amidine groups is 1. The molecule has 27 heavy (non-hydrogen) atoms. The molecule has 0 aliphatic carbocycles. The molecule has 1 aromatic carbocycles. The summed E-state index contributed by atoms with van der Waals surface area (Å²) in [7, 11) is 1.60. The smallest absolute Gasteiger partial charge is 0.251 e. The number of aliphatic imine (C=N–C) groups is 1.